The van der Waals surface area contributed by atoms with E-state index in [-0.39, 0.29) is 11.8 Å². The van der Waals surface area contributed by atoms with E-state index >= 15 is 0 Å². The van der Waals surface area contributed by atoms with Crippen molar-refractivity contribution < 1.29 is 9.21 Å². The summed E-state index contributed by atoms with van der Waals surface area (Å²) in [5.74, 6) is -0.313. The van der Waals surface area contributed by atoms with Crippen molar-refractivity contribution in [3.63, 3.8) is 0 Å². The number of fused-ring (bicyclic) bond motifs is 1. The quantitative estimate of drug-likeness (QED) is 0.481. The SMILES string of the molecule is O=C(Nc1cnccc1N1CCNCC1)c1nnc(-c2ccc3[nH]ncc3c2)o1. The van der Waals surface area contributed by atoms with Gasteiger partial charge in [-0.2, -0.15) is 5.10 Å². The van der Waals surface area contributed by atoms with E-state index in [0.717, 1.165) is 42.8 Å². The summed E-state index contributed by atoms with van der Waals surface area (Å²) in [7, 11) is 0. The van der Waals surface area contributed by atoms with Crippen molar-refractivity contribution in [1.82, 2.24) is 30.7 Å². The van der Waals surface area contributed by atoms with Gasteiger partial charge in [0.2, 0.25) is 5.89 Å². The number of benzene rings is 1. The zero-order valence-corrected chi connectivity index (χ0v) is 15.4. The molecule has 4 heterocycles. The maximum Gasteiger partial charge on any atom is 0.313 e. The van der Waals surface area contributed by atoms with Gasteiger partial charge < -0.3 is 20.0 Å². The van der Waals surface area contributed by atoms with Crippen LogP contribution in [0.3, 0.4) is 0 Å². The Kier molecular flexibility index (Phi) is 4.37. The number of hydrogen-bond donors (Lipinski definition) is 3. The summed E-state index contributed by atoms with van der Waals surface area (Å²) in [5.41, 5.74) is 3.15. The van der Waals surface area contributed by atoms with Gasteiger partial charge in [0, 0.05) is 43.3 Å². The van der Waals surface area contributed by atoms with Crippen LogP contribution in [0, 0.1) is 0 Å². The van der Waals surface area contributed by atoms with Gasteiger partial charge >= 0.3 is 11.8 Å². The predicted octanol–water partition coefficient (Wildman–Crippen LogP) is 1.67. The van der Waals surface area contributed by atoms with E-state index in [1.54, 1.807) is 18.6 Å². The van der Waals surface area contributed by atoms with E-state index in [0.29, 0.717) is 11.3 Å². The van der Waals surface area contributed by atoms with E-state index in [1.807, 2.05) is 24.3 Å². The number of anilines is 2. The standard InChI is InChI=1S/C19H18N8O2/c28-17(23-15-11-21-4-3-16(15)27-7-5-20-6-8-27)19-26-25-18(29-19)12-1-2-14-13(9-12)10-22-24-14/h1-4,9-11,20H,5-8H2,(H,22,24)(H,23,28). The Labute approximate surface area is 165 Å². The molecule has 0 radical (unpaired) electrons. The molecular weight excluding hydrogens is 372 g/mol. The Morgan fingerprint density at radius 3 is 2.93 bits per heavy atom. The third-order valence-electron chi connectivity index (χ3n) is 4.81. The van der Waals surface area contributed by atoms with E-state index in [4.69, 9.17) is 4.42 Å². The molecule has 0 aliphatic carbocycles. The summed E-state index contributed by atoms with van der Waals surface area (Å²) in [4.78, 5) is 19.0. The molecule has 0 spiro atoms. The fraction of sp³-hybridized carbons (Fsp3) is 0.211. The molecule has 4 aromatic rings. The van der Waals surface area contributed by atoms with E-state index in [1.165, 1.54) is 0 Å². The van der Waals surface area contributed by atoms with Crippen LogP contribution in [0.15, 0.2) is 47.3 Å². The molecule has 0 atom stereocenters. The molecule has 1 fully saturated rings. The molecule has 3 aromatic heterocycles. The molecule has 29 heavy (non-hydrogen) atoms. The number of carbonyl (C=O) groups is 1. The molecule has 1 aliphatic heterocycles. The zero-order chi connectivity index (χ0) is 19.6. The molecule has 1 amide bonds. The number of nitrogens with one attached hydrogen (secondary N) is 3. The molecule has 3 N–H and O–H groups in total. The van der Waals surface area contributed by atoms with Gasteiger partial charge in [-0.15, -0.1) is 10.2 Å². The lowest BCUT2D eigenvalue weighted by molar-refractivity contribution is 0.0991. The van der Waals surface area contributed by atoms with Crippen LogP contribution in [0.25, 0.3) is 22.4 Å². The van der Waals surface area contributed by atoms with Crippen LogP contribution in [0.1, 0.15) is 10.7 Å². The first-order valence-electron chi connectivity index (χ1n) is 9.26. The van der Waals surface area contributed by atoms with Gasteiger partial charge in [-0.25, -0.2) is 0 Å². The minimum Gasteiger partial charge on any atom is -0.412 e. The first-order chi connectivity index (χ1) is 14.3. The number of carbonyl (C=O) groups excluding carboxylic acids is 1. The smallest absolute Gasteiger partial charge is 0.313 e. The fourth-order valence-corrected chi connectivity index (χ4v) is 3.35. The Hall–Kier alpha value is -3.79. The average Bonchev–Trinajstić information content (AvgIpc) is 3.44. The molecule has 1 saturated heterocycles. The largest absolute Gasteiger partial charge is 0.412 e. The highest BCUT2D eigenvalue weighted by atomic mass is 16.4. The molecule has 0 unspecified atom stereocenters. The lowest BCUT2D eigenvalue weighted by Gasteiger charge is -2.30. The van der Waals surface area contributed by atoms with Crippen molar-refractivity contribution in [2.45, 2.75) is 0 Å². The first kappa shape index (κ1) is 17.3. The normalized spacial score (nSPS) is 14.3. The fourth-order valence-electron chi connectivity index (χ4n) is 3.35. The second-order valence-electron chi connectivity index (χ2n) is 6.67. The number of aromatic nitrogens is 5. The van der Waals surface area contributed by atoms with Gasteiger partial charge in [-0.05, 0) is 24.3 Å². The van der Waals surface area contributed by atoms with Gasteiger partial charge in [0.05, 0.1) is 29.3 Å². The van der Waals surface area contributed by atoms with Crippen molar-refractivity contribution in [3.05, 3.63) is 48.7 Å². The highest BCUT2D eigenvalue weighted by molar-refractivity contribution is 6.03. The van der Waals surface area contributed by atoms with Crippen molar-refractivity contribution in [2.24, 2.45) is 0 Å². The lowest BCUT2D eigenvalue weighted by atomic mass is 10.1. The van der Waals surface area contributed by atoms with Crippen LogP contribution in [0.5, 0.6) is 0 Å². The highest BCUT2D eigenvalue weighted by Gasteiger charge is 2.20. The summed E-state index contributed by atoms with van der Waals surface area (Å²) in [6.07, 6.45) is 5.05. The minimum absolute atomic E-state index is 0.109. The number of pyridine rings is 1. The van der Waals surface area contributed by atoms with Gasteiger partial charge in [0.15, 0.2) is 0 Å². The third-order valence-corrected chi connectivity index (χ3v) is 4.81. The Balaban J connectivity index is 1.37. The molecule has 5 rings (SSSR count). The van der Waals surface area contributed by atoms with Gasteiger partial charge in [-0.1, -0.05) is 0 Å². The van der Waals surface area contributed by atoms with Crippen molar-refractivity contribution >= 4 is 28.2 Å². The van der Waals surface area contributed by atoms with Crippen LogP contribution in [0.4, 0.5) is 11.4 Å². The number of aromatic amines is 1. The molecule has 0 saturated carbocycles. The van der Waals surface area contributed by atoms with Crippen molar-refractivity contribution in [2.75, 3.05) is 36.4 Å². The van der Waals surface area contributed by atoms with E-state index < -0.39 is 5.91 Å². The topological polar surface area (TPSA) is 125 Å². The number of amides is 1. The molecule has 146 valence electrons. The zero-order valence-electron chi connectivity index (χ0n) is 15.4. The van der Waals surface area contributed by atoms with Crippen LogP contribution in [-0.2, 0) is 0 Å². The maximum absolute atomic E-state index is 12.7. The average molecular weight is 390 g/mol. The monoisotopic (exact) mass is 390 g/mol. The molecule has 10 nitrogen and oxygen atoms in total. The second kappa shape index (κ2) is 7.32. The Morgan fingerprint density at radius 1 is 1.14 bits per heavy atom. The summed E-state index contributed by atoms with van der Waals surface area (Å²) in [6, 6.07) is 7.47. The number of rotatable bonds is 4. The highest BCUT2D eigenvalue weighted by Crippen LogP contribution is 2.26. The Morgan fingerprint density at radius 2 is 2.03 bits per heavy atom. The van der Waals surface area contributed by atoms with Gasteiger partial charge in [0.1, 0.15) is 0 Å². The second-order valence-corrected chi connectivity index (χ2v) is 6.67. The molecule has 1 aliphatic rings. The maximum atomic E-state index is 12.7. The Bertz CT molecular complexity index is 1160. The van der Waals surface area contributed by atoms with Crippen LogP contribution in [-0.4, -0.2) is 57.5 Å². The summed E-state index contributed by atoms with van der Waals surface area (Å²) >= 11 is 0. The summed E-state index contributed by atoms with van der Waals surface area (Å²) in [6.45, 7) is 3.50. The van der Waals surface area contributed by atoms with Crippen LogP contribution >= 0.6 is 0 Å². The number of nitrogens with zero attached hydrogens (tertiary/aromatic N) is 5. The van der Waals surface area contributed by atoms with Crippen LogP contribution < -0.4 is 15.5 Å². The summed E-state index contributed by atoms with van der Waals surface area (Å²) in [5, 5.41) is 21.9. The first-order valence-corrected chi connectivity index (χ1v) is 9.26. The summed E-state index contributed by atoms with van der Waals surface area (Å²) < 4.78 is 5.61. The minimum atomic E-state index is -0.475. The number of H-pyrrole nitrogens is 1. The lowest BCUT2D eigenvalue weighted by Crippen LogP contribution is -2.43. The molecule has 10 heteroatoms. The van der Waals surface area contributed by atoms with Crippen molar-refractivity contribution in [1.29, 1.82) is 0 Å². The molecule has 0 bridgehead atoms. The molecular formula is C19H18N8O2. The number of piperazine rings is 1. The van der Waals surface area contributed by atoms with Crippen LogP contribution in [0.2, 0.25) is 0 Å². The van der Waals surface area contributed by atoms with E-state index in [2.05, 4.69) is 40.9 Å². The van der Waals surface area contributed by atoms with Gasteiger partial charge in [-0.3, -0.25) is 14.9 Å². The predicted molar refractivity (Wildman–Crippen MR) is 107 cm³/mol. The number of hydrogen-bond acceptors (Lipinski definition) is 8. The van der Waals surface area contributed by atoms with E-state index in [9.17, 15) is 4.79 Å². The molecule has 1 aromatic carbocycles. The van der Waals surface area contributed by atoms with Crippen molar-refractivity contribution in [3.8, 4) is 11.5 Å². The van der Waals surface area contributed by atoms with Gasteiger partial charge in [0.25, 0.3) is 0 Å². The third kappa shape index (κ3) is 3.41.